The zero-order valence-corrected chi connectivity index (χ0v) is 16.5. The van der Waals surface area contributed by atoms with Crippen LogP contribution in [-0.4, -0.2) is 10.2 Å². The van der Waals surface area contributed by atoms with E-state index in [1.807, 2.05) is 56.3 Å². The zero-order chi connectivity index (χ0) is 19.8. The molecule has 27 heavy (non-hydrogen) atoms. The molecule has 4 aromatic carbocycles. The van der Waals surface area contributed by atoms with E-state index in [0.717, 1.165) is 16.2 Å². The fourth-order valence-corrected chi connectivity index (χ4v) is 2.82. The average molecular weight is 360 g/mol. The first-order chi connectivity index (χ1) is 13.0. The first-order valence-electron chi connectivity index (χ1n) is 9.44. The van der Waals surface area contributed by atoms with Crippen molar-refractivity contribution in [1.29, 1.82) is 0 Å². The van der Waals surface area contributed by atoms with E-state index < -0.39 is 0 Å². The lowest BCUT2D eigenvalue weighted by atomic mass is 9.99. The second-order valence-electron chi connectivity index (χ2n) is 6.44. The minimum atomic E-state index is 0.329. The van der Waals surface area contributed by atoms with Crippen molar-refractivity contribution in [3.63, 3.8) is 0 Å². The Balaban J connectivity index is 0.000000181. The number of rotatable bonds is 1. The highest BCUT2D eigenvalue weighted by Crippen LogP contribution is 2.24. The summed E-state index contributed by atoms with van der Waals surface area (Å²) in [5.41, 5.74) is 1.34. The number of benzene rings is 4. The Morgan fingerprint density at radius 1 is 0.630 bits per heavy atom. The Hall–Kier alpha value is -3.00. The van der Waals surface area contributed by atoms with Crippen LogP contribution >= 0.6 is 0 Å². The van der Waals surface area contributed by atoms with Gasteiger partial charge in [0.2, 0.25) is 0 Å². The van der Waals surface area contributed by atoms with Gasteiger partial charge >= 0.3 is 0 Å². The maximum absolute atomic E-state index is 9.37. The molecule has 0 radical (unpaired) electrons. The lowest BCUT2D eigenvalue weighted by molar-refractivity contribution is 0.476. The van der Waals surface area contributed by atoms with E-state index in [9.17, 15) is 10.2 Å². The van der Waals surface area contributed by atoms with Gasteiger partial charge in [0.05, 0.1) is 0 Å². The second-order valence-corrected chi connectivity index (χ2v) is 6.44. The molecular weight excluding hydrogens is 332 g/mol. The lowest BCUT2D eigenvalue weighted by Gasteiger charge is -2.06. The van der Waals surface area contributed by atoms with Crippen molar-refractivity contribution in [2.24, 2.45) is 0 Å². The molecule has 140 valence electrons. The van der Waals surface area contributed by atoms with Crippen molar-refractivity contribution in [1.82, 2.24) is 0 Å². The van der Waals surface area contributed by atoms with Gasteiger partial charge in [0, 0.05) is 5.39 Å². The molecule has 0 spiro atoms. The van der Waals surface area contributed by atoms with Crippen LogP contribution in [0.5, 0.6) is 11.5 Å². The number of fused-ring (bicyclic) bond motifs is 2. The maximum atomic E-state index is 9.37. The Bertz CT molecular complexity index is 998. The van der Waals surface area contributed by atoms with E-state index in [0.29, 0.717) is 17.4 Å². The molecule has 0 aliphatic rings. The predicted octanol–water partition coefficient (Wildman–Crippen LogP) is 7.24. The van der Waals surface area contributed by atoms with Crippen molar-refractivity contribution in [2.75, 3.05) is 0 Å². The SMILES string of the molecule is CC.CC(C)c1ccc2cc(O)ccc2c1.Oc1cccc2ccccc12. The smallest absolute Gasteiger partial charge is 0.123 e. The highest BCUT2D eigenvalue weighted by Gasteiger charge is 2.00. The van der Waals surface area contributed by atoms with Gasteiger partial charge in [-0.05, 0) is 45.8 Å². The Morgan fingerprint density at radius 2 is 1.26 bits per heavy atom. The third-order valence-electron chi connectivity index (χ3n) is 4.28. The predicted molar refractivity (Wildman–Crippen MR) is 117 cm³/mol. The molecule has 0 fully saturated rings. The summed E-state index contributed by atoms with van der Waals surface area (Å²) >= 11 is 0. The van der Waals surface area contributed by atoms with Crippen LogP contribution in [-0.2, 0) is 0 Å². The summed E-state index contributed by atoms with van der Waals surface area (Å²) in [6.45, 7) is 8.36. The van der Waals surface area contributed by atoms with Gasteiger partial charge in [-0.15, -0.1) is 0 Å². The Kier molecular flexibility index (Phi) is 7.25. The quantitative estimate of drug-likeness (QED) is 0.375. The molecule has 2 nitrogen and oxygen atoms in total. The number of hydrogen-bond donors (Lipinski definition) is 2. The van der Waals surface area contributed by atoms with Crippen molar-refractivity contribution in [3.8, 4) is 11.5 Å². The van der Waals surface area contributed by atoms with Crippen LogP contribution < -0.4 is 0 Å². The highest BCUT2D eigenvalue weighted by atomic mass is 16.3. The van der Waals surface area contributed by atoms with E-state index in [2.05, 4.69) is 32.0 Å². The summed E-state index contributed by atoms with van der Waals surface area (Å²) in [6.07, 6.45) is 0. The average Bonchev–Trinajstić information content (AvgIpc) is 2.70. The number of phenols is 2. The summed E-state index contributed by atoms with van der Waals surface area (Å²) in [5.74, 6) is 1.23. The second kappa shape index (κ2) is 9.63. The largest absolute Gasteiger partial charge is 0.508 e. The van der Waals surface area contributed by atoms with Crippen LogP contribution in [0.1, 0.15) is 39.2 Å². The standard InChI is InChI=1S/C13H14O.C10H8O.C2H6/c1-9(2)10-3-4-12-8-13(14)6-5-11(12)7-10;11-10-7-3-5-8-4-1-2-6-9(8)10;1-2/h3-9,14H,1-2H3;1-7,11H;1-2H3. The van der Waals surface area contributed by atoms with Gasteiger partial charge < -0.3 is 10.2 Å². The Labute approximate surface area is 161 Å². The van der Waals surface area contributed by atoms with E-state index in [4.69, 9.17) is 0 Å². The van der Waals surface area contributed by atoms with Crippen LogP contribution in [0.2, 0.25) is 0 Å². The van der Waals surface area contributed by atoms with Crippen LogP contribution in [0.3, 0.4) is 0 Å². The van der Waals surface area contributed by atoms with Gasteiger partial charge in [-0.1, -0.05) is 88.4 Å². The van der Waals surface area contributed by atoms with Gasteiger partial charge in [-0.2, -0.15) is 0 Å². The van der Waals surface area contributed by atoms with Gasteiger partial charge in [0.25, 0.3) is 0 Å². The molecule has 0 saturated heterocycles. The first-order valence-corrected chi connectivity index (χ1v) is 9.44. The summed E-state index contributed by atoms with van der Waals surface area (Å²) < 4.78 is 0. The summed E-state index contributed by atoms with van der Waals surface area (Å²) in [7, 11) is 0. The topological polar surface area (TPSA) is 40.5 Å². The molecule has 2 heteroatoms. The summed E-state index contributed by atoms with van der Waals surface area (Å²) in [6, 6.07) is 25.1. The number of aromatic hydroxyl groups is 2. The van der Waals surface area contributed by atoms with E-state index >= 15 is 0 Å². The maximum Gasteiger partial charge on any atom is 0.123 e. The normalized spacial score (nSPS) is 10.1. The van der Waals surface area contributed by atoms with E-state index in [1.165, 1.54) is 10.9 Å². The van der Waals surface area contributed by atoms with Crippen LogP contribution in [0.4, 0.5) is 0 Å². The molecular formula is C25H28O2. The van der Waals surface area contributed by atoms with Gasteiger partial charge in [0.15, 0.2) is 0 Å². The first kappa shape index (κ1) is 20.3. The van der Waals surface area contributed by atoms with Gasteiger partial charge in [-0.3, -0.25) is 0 Å². The van der Waals surface area contributed by atoms with Gasteiger partial charge in [-0.25, -0.2) is 0 Å². The molecule has 4 rings (SSSR count). The number of phenolic OH excluding ortho intramolecular Hbond substituents is 2. The molecule has 2 N–H and O–H groups in total. The third kappa shape index (κ3) is 5.24. The summed E-state index contributed by atoms with van der Waals surface area (Å²) in [4.78, 5) is 0. The van der Waals surface area contributed by atoms with E-state index in [-0.39, 0.29) is 0 Å². The van der Waals surface area contributed by atoms with Gasteiger partial charge in [0.1, 0.15) is 11.5 Å². The minimum Gasteiger partial charge on any atom is -0.508 e. The van der Waals surface area contributed by atoms with Crippen molar-refractivity contribution < 1.29 is 10.2 Å². The fraction of sp³-hybridized carbons (Fsp3) is 0.200. The van der Waals surface area contributed by atoms with Crippen molar-refractivity contribution >= 4 is 21.5 Å². The molecule has 0 atom stereocenters. The molecule has 0 aliphatic heterocycles. The van der Waals surface area contributed by atoms with Crippen molar-refractivity contribution in [3.05, 3.63) is 84.4 Å². The van der Waals surface area contributed by atoms with Crippen LogP contribution in [0, 0.1) is 0 Å². The van der Waals surface area contributed by atoms with Crippen molar-refractivity contribution in [2.45, 2.75) is 33.6 Å². The van der Waals surface area contributed by atoms with Crippen LogP contribution in [0.15, 0.2) is 78.9 Å². The fourth-order valence-electron chi connectivity index (χ4n) is 2.82. The molecule has 0 unspecified atom stereocenters. The number of hydrogen-bond acceptors (Lipinski definition) is 2. The molecule has 4 aromatic rings. The highest BCUT2D eigenvalue weighted by molar-refractivity contribution is 5.87. The lowest BCUT2D eigenvalue weighted by Crippen LogP contribution is -1.86. The summed E-state index contributed by atoms with van der Waals surface area (Å²) in [5, 5.41) is 22.9. The molecule has 0 saturated carbocycles. The molecule has 0 bridgehead atoms. The Morgan fingerprint density at radius 3 is 1.96 bits per heavy atom. The molecule has 0 aliphatic carbocycles. The van der Waals surface area contributed by atoms with E-state index in [1.54, 1.807) is 18.2 Å². The minimum absolute atomic E-state index is 0.329. The molecule has 0 heterocycles. The zero-order valence-electron chi connectivity index (χ0n) is 16.5. The monoisotopic (exact) mass is 360 g/mol. The van der Waals surface area contributed by atoms with Crippen LogP contribution in [0.25, 0.3) is 21.5 Å². The third-order valence-corrected chi connectivity index (χ3v) is 4.28. The molecule has 0 aromatic heterocycles. The molecule has 0 amide bonds.